The molecule has 21 heavy (non-hydrogen) atoms. The lowest BCUT2D eigenvalue weighted by molar-refractivity contribution is 0.489. The number of nitrogens with one attached hydrogen (secondary N) is 2. The molecular formula is C17H30N4. The SMILES string of the molecule is CCNC(=NCCc1cccnc1)NC(C)CCC(C)C. The number of aromatic nitrogens is 1. The van der Waals surface area contributed by atoms with Crippen LogP contribution in [-0.2, 0) is 6.42 Å². The normalized spacial score (nSPS) is 13.3. The van der Waals surface area contributed by atoms with Gasteiger partial charge in [-0.15, -0.1) is 0 Å². The third kappa shape index (κ3) is 8.33. The van der Waals surface area contributed by atoms with Crippen molar-refractivity contribution in [3.63, 3.8) is 0 Å². The minimum atomic E-state index is 0.448. The van der Waals surface area contributed by atoms with E-state index < -0.39 is 0 Å². The van der Waals surface area contributed by atoms with Crippen LogP contribution in [0.25, 0.3) is 0 Å². The molecule has 1 aromatic heterocycles. The predicted octanol–water partition coefficient (Wildman–Crippen LogP) is 3.00. The second kappa shape index (κ2) is 10.2. The van der Waals surface area contributed by atoms with E-state index in [2.05, 4.69) is 54.4 Å². The molecule has 0 amide bonds. The van der Waals surface area contributed by atoms with Crippen molar-refractivity contribution >= 4 is 5.96 Å². The number of nitrogens with zero attached hydrogens (tertiary/aromatic N) is 2. The first kappa shape index (κ1) is 17.5. The Morgan fingerprint density at radius 2 is 2.10 bits per heavy atom. The Bertz CT molecular complexity index is 401. The van der Waals surface area contributed by atoms with Gasteiger partial charge in [0.05, 0.1) is 0 Å². The summed E-state index contributed by atoms with van der Waals surface area (Å²) in [6.07, 6.45) is 7.04. The topological polar surface area (TPSA) is 49.3 Å². The van der Waals surface area contributed by atoms with Crippen LogP contribution in [0.5, 0.6) is 0 Å². The van der Waals surface area contributed by atoms with Crippen LogP contribution in [0, 0.1) is 5.92 Å². The van der Waals surface area contributed by atoms with Crippen LogP contribution in [0.1, 0.15) is 46.1 Å². The van der Waals surface area contributed by atoms with Gasteiger partial charge in [-0.3, -0.25) is 9.98 Å². The summed E-state index contributed by atoms with van der Waals surface area (Å²) in [6, 6.07) is 4.51. The quantitative estimate of drug-likeness (QED) is 0.571. The lowest BCUT2D eigenvalue weighted by Gasteiger charge is -2.18. The number of aliphatic imine (C=N–C) groups is 1. The molecule has 118 valence electrons. The molecule has 0 bridgehead atoms. The summed E-state index contributed by atoms with van der Waals surface area (Å²) in [4.78, 5) is 8.77. The second-order valence-corrected chi connectivity index (χ2v) is 5.89. The van der Waals surface area contributed by atoms with Crippen molar-refractivity contribution in [1.29, 1.82) is 0 Å². The van der Waals surface area contributed by atoms with Crippen LogP contribution in [0.4, 0.5) is 0 Å². The van der Waals surface area contributed by atoms with Crippen LogP contribution in [-0.4, -0.2) is 30.1 Å². The zero-order chi connectivity index (χ0) is 15.5. The van der Waals surface area contributed by atoms with Crippen LogP contribution in [0.15, 0.2) is 29.5 Å². The van der Waals surface area contributed by atoms with E-state index in [-0.39, 0.29) is 0 Å². The number of hydrogen-bond acceptors (Lipinski definition) is 2. The number of hydrogen-bond donors (Lipinski definition) is 2. The summed E-state index contributed by atoms with van der Waals surface area (Å²) >= 11 is 0. The van der Waals surface area contributed by atoms with E-state index in [9.17, 15) is 0 Å². The van der Waals surface area contributed by atoms with Gasteiger partial charge in [0.25, 0.3) is 0 Å². The van der Waals surface area contributed by atoms with E-state index >= 15 is 0 Å². The van der Waals surface area contributed by atoms with Gasteiger partial charge in [0.15, 0.2) is 5.96 Å². The van der Waals surface area contributed by atoms with Gasteiger partial charge in [-0.05, 0) is 50.7 Å². The summed E-state index contributed by atoms with van der Waals surface area (Å²) in [6.45, 7) is 10.5. The number of guanidine groups is 1. The molecule has 4 heteroatoms. The first-order valence-corrected chi connectivity index (χ1v) is 8.05. The van der Waals surface area contributed by atoms with Crippen molar-refractivity contribution in [2.45, 2.75) is 53.0 Å². The van der Waals surface area contributed by atoms with E-state index in [0.717, 1.165) is 31.4 Å². The minimum Gasteiger partial charge on any atom is -0.357 e. The summed E-state index contributed by atoms with van der Waals surface area (Å²) in [5, 5.41) is 6.79. The van der Waals surface area contributed by atoms with Crippen molar-refractivity contribution in [3.8, 4) is 0 Å². The molecule has 0 aliphatic heterocycles. The maximum Gasteiger partial charge on any atom is 0.191 e. The Labute approximate surface area is 129 Å². The van der Waals surface area contributed by atoms with E-state index in [0.29, 0.717) is 6.04 Å². The molecule has 1 aromatic rings. The van der Waals surface area contributed by atoms with Gasteiger partial charge in [0.2, 0.25) is 0 Å². The van der Waals surface area contributed by atoms with E-state index in [1.807, 2.05) is 12.3 Å². The number of rotatable bonds is 8. The minimum absolute atomic E-state index is 0.448. The fraction of sp³-hybridized carbons (Fsp3) is 0.647. The number of pyridine rings is 1. The summed E-state index contributed by atoms with van der Waals surface area (Å²) < 4.78 is 0. The molecule has 0 spiro atoms. The first-order valence-electron chi connectivity index (χ1n) is 8.05. The van der Waals surface area contributed by atoms with Gasteiger partial charge >= 0.3 is 0 Å². The van der Waals surface area contributed by atoms with Crippen LogP contribution in [0.2, 0.25) is 0 Å². The zero-order valence-electron chi connectivity index (χ0n) is 13.9. The van der Waals surface area contributed by atoms with Gasteiger partial charge in [0.1, 0.15) is 0 Å². The molecule has 0 saturated carbocycles. The summed E-state index contributed by atoms with van der Waals surface area (Å²) in [5.41, 5.74) is 1.23. The van der Waals surface area contributed by atoms with Crippen molar-refractivity contribution in [1.82, 2.24) is 15.6 Å². The van der Waals surface area contributed by atoms with Crippen molar-refractivity contribution in [2.24, 2.45) is 10.9 Å². The van der Waals surface area contributed by atoms with Crippen LogP contribution < -0.4 is 10.6 Å². The zero-order valence-corrected chi connectivity index (χ0v) is 13.9. The summed E-state index contributed by atoms with van der Waals surface area (Å²) in [7, 11) is 0. The van der Waals surface area contributed by atoms with Crippen molar-refractivity contribution < 1.29 is 0 Å². The Hall–Kier alpha value is -1.58. The predicted molar refractivity (Wildman–Crippen MR) is 90.6 cm³/mol. The molecule has 2 N–H and O–H groups in total. The maximum atomic E-state index is 4.64. The lowest BCUT2D eigenvalue weighted by Crippen LogP contribution is -2.42. The highest BCUT2D eigenvalue weighted by atomic mass is 15.2. The fourth-order valence-electron chi connectivity index (χ4n) is 2.05. The molecule has 0 aliphatic rings. The van der Waals surface area contributed by atoms with Crippen LogP contribution >= 0.6 is 0 Å². The third-order valence-corrected chi connectivity index (χ3v) is 3.30. The molecule has 1 rings (SSSR count). The highest BCUT2D eigenvalue weighted by Crippen LogP contribution is 2.06. The smallest absolute Gasteiger partial charge is 0.191 e. The van der Waals surface area contributed by atoms with E-state index in [4.69, 9.17) is 0 Å². The Morgan fingerprint density at radius 3 is 2.71 bits per heavy atom. The lowest BCUT2D eigenvalue weighted by atomic mass is 10.0. The fourth-order valence-corrected chi connectivity index (χ4v) is 2.05. The van der Waals surface area contributed by atoms with Gasteiger partial charge < -0.3 is 10.6 Å². The molecule has 1 heterocycles. The molecule has 1 atom stereocenters. The van der Waals surface area contributed by atoms with E-state index in [1.54, 1.807) is 6.20 Å². The van der Waals surface area contributed by atoms with Gasteiger partial charge in [-0.25, -0.2) is 0 Å². The van der Waals surface area contributed by atoms with Gasteiger partial charge in [-0.2, -0.15) is 0 Å². The second-order valence-electron chi connectivity index (χ2n) is 5.89. The highest BCUT2D eigenvalue weighted by molar-refractivity contribution is 5.80. The highest BCUT2D eigenvalue weighted by Gasteiger charge is 2.06. The standard InChI is InChI=1S/C17H30N4/c1-5-19-17(21-15(4)9-8-14(2)3)20-12-10-16-7-6-11-18-13-16/h6-7,11,13-15H,5,8-10,12H2,1-4H3,(H2,19,20,21). The Morgan fingerprint density at radius 1 is 1.29 bits per heavy atom. The van der Waals surface area contributed by atoms with Gasteiger partial charge in [0, 0.05) is 31.5 Å². The average molecular weight is 290 g/mol. The molecule has 0 aromatic carbocycles. The molecule has 1 unspecified atom stereocenters. The average Bonchev–Trinajstić information content (AvgIpc) is 2.46. The van der Waals surface area contributed by atoms with Crippen molar-refractivity contribution in [3.05, 3.63) is 30.1 Å². The largest absolute Gasteiger partial charge is 0.357 e. The molecule has 4 nitrogen and oxygen atoms in total. The summed E-state index contributed by atoms with van der Waals surface area (Å²) in [5.74, 6) is 1.66. The van der Waals surface area contributed by atoms with Crippen LogP contribution in [0.3, 0.4) is 0 Å². The van der Waals surface area contributed by atoms with Crippen molar-refractivity contribution in [2.75, 3.05) is 13.1 Å². The molecule has 0 radical (unpaired) electrons. The monoisotopic (exact) mass is 290 g/mol. The molecule has 0 saturated heterocycles. The van der Waals surface area contributed by atoms with Gasteiger partial charge in [-0.1, -0.05) is 19.9 Å². The molecular weight excluding hydrogens is 260 g/mol. The van der Waals surface area contributed by atoms with E-state index in [1.165, 1.54) is 18.4 Å². The molecule has 0 aliphatic carbocycles. The Balaban J connectivity index is 2.42. The maximum absolute atomic E-state index is 4.64. The molecule has 0 fully saturated rings. The Kier molecular flexibility index (Phi) is 8.48. The first-order chi connectivity index (χ1) is 10.1. The third-order valence-electron chi connectivity index (χ3n) is 3.30.